The number of aryl methyl sites for hydroxylation is 2. The van der Waals surface area contributed by atoms with Crippen molar-refractivity contribution in [2.75, 3.05) is 11.9 Å². The molecule has 1 aromatic carbocycles. The third kappa shape index (κ3) is 4.66. The summed E-state index contributed by atoms with van der Waals surface area (Å²) in [7, 11) is 0. The van der Waals surface area contributed by atoms with Gasteiger partial charge in [-0.1, -0.05) is 24.3 Å². The molecule has 0 radical (unpaired) electrons. The predicted molar refractivity (Wildman–Crippen MR) is 90.4 cm³/mol. The Morgan fingerprint density at radius 3 is 2.74 bits per heavy atom. The van der Waals surface area contributed by atoms with E-state index in [1.807, 2.05) is 39.0 Å². The molecule has 2 rings (SSSR count). The summed E-state index contributed by atoms with van der Waals surface area (Å²) in [5.41, 5.74) is 1.07. The van der Waals surface area contributed by atoms with E-state index < -0.39 is 6.10 Å². The van der Waals surface area contributed by atoms with Gasteiger partial charge in [0.2, 0.25) is 5.13 Å². The topological polar surface area (TPSA) is 73.3 Å². The number of nitrogens with zero attached hydrogens (tertiary/aromatic N) is 2. The Labute approximate surface area is 139 Å². The van der Waals surface area contributed by atoms with Crippen LogP contribution in [0.5, 0.6) is 11.5 Å². The van der Waals surface area contributed by atoms with Crippen LogP contribution < -0.4 is 14.8 Å². The van der Waals surface area contributed by atoms with Crippen molar-refractivity contribution < 1.29 is 14.3 Å². The van der Waals surface area contributed by atoms with Gasteiger partial charge in [0.25, 0.3) is 5.91 Å². The van der Waals surface area contributed by atoms with Crippen LogP contribution in [0.1, 0.15) is 31.3 Å². The second kappa shape index (κ2) is 7.92. The average Bonchev–Trinajstić information content (AvgIpc) is 2.97. The summed E-state index contributed by atoms with van der Waals surface area (Å²) in [6.07, 6.45) is 0.117. The Bertz CT molecular complexity index is 672. The molecule has 0 bridgehead atoms. The fourth-order valence-electron chi connectivity index (χ4n) is 1.88. The molecule has 1 heterocycles. The molecule has 0 saturated carbocycles. The molecule has 1 atom stereocenters. The molecule has 7 heteroatoms. The minimum atomic E-state index is -0.675. The first-order valence-electron chi connectivity index (χ1n) is 7.56. The number of hydrogen-bond donors (Lipinski definition) is 1. The maximum Gasteiger partial charge on any atom is 0.266 e. The molecule has 0 aliphatic rings. The van der Waals surface area contributed by atoms with Crippen LogP contribution in [-0.2, 0) is 11.2 Å². The third-order valence-electron chi connectivity index (χ3n) is 3.07. The number of aromatic nitrogens is 2. The van der Waals surface area contributed by atoms with Gasteiger partial charge in [-0.25, -0.2) is 0 Å². The van der Waals surface area contributed by atoms with Crippen LogP contribution in [0.3, 0.4) is 0 Å². The lowest BCUT2D eigenvalue weighted by atomic mass is 10.2. The third-order valence-corrected chi connectivity index (χ3v) is 4.05. The Hall–Kier alpha value is -2.15. The predicted octanol–water partition coefficient (Wildman–Crippen LogP) is 3.21. The molecule has 0 saturated heterocycles. The van der Waals surface area contributed by atoms with Crippen LogP contribution in [0.4, 0.5) is 5.13 Å². The highest BCUT2D eigenvalue weighted by Gasteiger charge is 2.18. The molecular formula is C16H21N3O3S. The van der Waals surface area contributed by atoms with E-state index in [0.717, 1.165) is 17.0 Å². The van der Waals surface area contributed by atoms with Gasteiger partial charge >= 0.3 is 0 Å². The Kier molecular flexibility index (Phi) is 5.92. The number of nitrogens with one attached hydrogen (secondary N) is 1. The van der Waals surface area contributed by atoms with Crippen LogP contribution in [0.2, 0.25) is 0 Å². The first-order chi connectivity index (χ1) is 11.0. The molecule has 0 aliphatic heterocycles. The number of carbonyl (C=O) groups is 1. The monoisotopic (exact) mass is 335 g/mol. The molecule has 0 fully saturated rings. The highest BCUT2D eigenvalue weighted by Crippen LogP contribution is 2.29. The van der Waals surface area contributed by atoms with Crippen molar-refractivity contribution in [1.29, 1.82) is 0 Å². The Balaban J connectivity index is 2.03. The van der Waals surface area contributed by atoms with E-state index in [1.54, 1.807) is 6.92 Å². The molecule has 0 spiro atoms. The fraction of sp³-hybridized carbons (Fsp3) is 0.438. The van der Waals surface area contributed by atoms with E-state index in [0.29, 0.717) is 23.2 Å². The van der Waals surface area contributed by atoms with Crippen LogP contribution in [0.15, 0.2) is 18.2 Å². The van der Waals surface area contributed by atoms with Crippen molar-refractivity contribution >= 4 is 22.4 Å². The van der Waals surface area contributed by atoms with E-state index in [2.05, 4.69) is 15.5 Å². The van der Waals surface area contributed by atoms with Crippen LogP contribution in [0.25, 0.3) is 0 Å². The Morgan fingerprint density at radius 1 is 1.30 bits per heavy atom. The van der Waals surface area contributed by atoms with Crippen molar-refractivity contribution in [2.24, 2.45) is 0 Å². The van der Waals surface area contributed by atoms with Crippen molar-refractivity contribution in [3.8, 4) is 11.5 Å². The minimum Gasteiger partial charge on any atom is -0.490 e. The summed E-state index contributed by atoms with van der Waals surface area (Å²) in [5.74, 6) is 0.912. The molecule has 1 amide bonds. The lowest BCUT2D eigenvalue weighted by Gasteiger charge is -2.17. The van der Waals surface area contributed by atoms with Crippen LogP contribution in [-0.4, -0.2) is 28.8 Å². The number of hydrogen-bond acceptors (Lipinski definition) is 6. The smallest absolute Gasteiger partial charge is 0.266 e. The molecule has 1 N–H and O–H groups in total. The van der Waals surface area contributed by atoms with Gasteiger partial charge in [0, 0.05) is 0 Å². The summed E-state index contributed by atoms with van der Waals surface area (Å²) in [6, 6.07) is 5.62. The summed E-state index contributed by atoms with van der Waals surface area (Å²) in [5, 5.41) is 12.0. The van der Waals surface area contributed by atoms with Crippen molar-refractivity contribution in [3.63, 3.8) is 0 Å². The number of benzene rings is 1. The standard InChI is InChI=1S/C16H21N3O3S/c1-5-14-18-19-16(23-14)17-15(20)11(4)22-12-8-7-10(3)9-13(12)21-6-2/h7-9,11H,5-6H2,1-4H3,(H,17,19,20)/t11-/m0/s1. The first-order valence-corrected chi connectivity index (χ1v) is 8.38. The molecule has 124 valence electrons. The van der Waals surface area contributed by atoms with Crippen molar-refractivity contribution in [2.45, 2.75) is 40.2 Å². The van der Waals surface area contributed by atoms with Gasteiger partial charge in [0.05, 0.1) is 6.61 Å². The second-order valence-corrected chi connectivity index (χ2v) is 6.05. The average molecular weight is 335 g/mol. The van der Waals surface area contributed by atoms with Gasteiger partial charge in [0.1, 0.15) is 5.01 Å². The SMILES string of the molecule is CCOc1cc(C)ccc1O[C@@H](C)C(=O)Nc1nnc(CC)s1. The minimum absolute atomic E-state index is 0.271. The van der Waals surface area contributed by atoms with E-state index in [4.69, 9.17) is 9.47 Å². The molecule has 23 heavy (non-hydrogen) atoms. The summed E-state index contributed by atoms with van der Waals surface area (Å²) in [6.45, 7) is 8.09. The highest BCUT2D eigenvalue weighted by molar-refractivity contribution is 7.15. The zero-order valence-corrected chi connectivity index (χ0v) is 14.6. The molecule has 6 nitrogen and oxygen atoms in total. The van der Waals surface area contributed by atoms with Crippen LogP contribution in [0, 0.1) is 6.92 Å². The van der Waals surface area contributed by atoms with Gasteiger partial charge in [-0.05, 0) is 44.9 Å². The zero-order valence-electron chi connectivity index (χ0n) is 13.8. The number of anilines is 1. The molecular weight excluding hydrogens is 314 g/mol. The van der Waals surface area contributed by atoms with Gasteiger partial charge < -0.3 is 9.47 Å². The highest BCUT2D eigenvalue weighted by atomic mass is 32.1. The zero-order chi connectivity index (χ0) is 16.8. The summed E-state index contributed by atoms with van der Waals surface area (Å²) in [4.78, 5) is 12.2. The van der Waals surface area contributed by atoms with Crippen LogP contribution >= 0.6 is 11.3 Å². The molecule has 0 unspecified atom stereocenters. The van der Waals surface area contributed by atoms with E-state index in [9.17, 15) is 4.79 Å². The maximum absolute atomic E-state index is 12.2. The van der Waals surface area contributed by atoms with Crippen molar-refractivity contribution in [1.82, 2.24) is 10.2 Å². The quantitative estimate of drug-likeness (QED) is 0.841. The maximum atomic E-state index is 12.2. The number of ether oxygens (including phenoxy) is 2. The number of amides is 1. The number of rotatable bonds is 7. The molecule has 1 aromatic heterocycles. The number of carbonyl (C=O) groups excluding carboxylic acids is 1. The lowest BCUT2D eigenvalue weighted by Crippen LogP contribution is -2.30. The lowest BCUT2D eigenvalue weighted by molar-refractivity contribution is -0.122. The van der Waals surface area contributed by atoms with E-state index >= 15 is 0 Å². The van der Waals surface area contributed by atoms with E-state index in [1.165, 1.54) is 11.3 Å². The first kappa shape index (κ1) is 17.2. The molecule has 2 aromatic rings. The summed E-state index contributed by atoms with van der Waals surface area (Å²) >= 11 is 1.36. The van der Waals surface area contributed by atoms with E-state index in [-0.39, 0.29) is 5.91 Å². The van der Waals surface area contributed by atoms with Gasteiger partial charge in [-0.3, -0.25) is 10.1 Å². The van der Waals surface area contributed by atoms with Gasteiger partial charge in [-0.2, -0.15) is 0 Å². The normalized spacial score (nSPS) is 11.8. The molecule has 0 aliphatic carbocycles. The fourth-order valence-corrected chi connectivity index (χ4v) is 2.56. The largest absolute Gasteiger partial charge is 0.490 e. The summed E-state index contributed by atoms with van der Waals surface area (Å²) < 4.78 is 11.3. The van der Waals surface area contributed by atoms with Crippen molar-refractivity contribution in [3.05, 3.63) is 28.8 Å². The Morgan fingerprint density at radius 2 is 2.09 bits per heavy atom. The van der Waals surface area contributed by atoms with Gasteiger partial charge in [0.15, 0.2) is 17.6 Å². The second-order valence-electron chi connectivity index (χ2n) is 4.99. The van der Waals surface area contributed by atoms with Gasteiger partial charge in [-0.15, -0.1) is 10.2 Å².